The lowest BCUT2D eigenvalue weighted by Gasteiger charge is -2.34. The van der Waals surface area contributed by atoms with Crippen molar-refractivity contribution in [2.45, 2.75) is 25.3 Å². The van der Waals surface area contributed by atoms with Crippen LogP contribution in [0, 0.1) is 6.92 Å². The molecule has 0 aromatic heterocycles. The first-order valence-electron chi connectivity index (χ1n) is 9.01. The molecule has 2 aromatic rings. The summed E-state index contributed by atoms with van der Waals surface area (Å²) in [5, 5.41) is 2.71. The lowest BCUT2D eigenvalue weighted by molar-refractivity contribution is -0.114. The molecule has 1 aliphatic rings. The Morgan fingerprint density at radius 1 is 1.04 bits per heavy atom. The minimum Gasteiger partial charge on any atom is -0.326 e. The SMILES string of the molecule is CC(=O)Nc1ccc(S(=O)(=O)N2CCN(Cc3ccccc3)CC2)cc1C. The van der Waals surface area contributed by atoms with Crippen LogP contribution in [0.3, 0.4) is 0 Å². The van der Waals surface area contributed by atoms with E-state index in [2.05, 4.69) is 22.3 Å². The summed E-state index contributed by atoms with van der Waals surface area (Å²) in [4.78, 5) is 13.8. The third-order valence-corrected chi connectivity index (χ3v) is 6.62. The summed E-state index contributed by atoms with van der Waals surface area (Å²) in [6.45, 7) is 6.41. The number of hydrogen-bond donors (Lipinski definition) is 1. The molecule has 0 atom stereocenters. The van der Waals surface area contributed by atoms with Gasteiger partial charge in [0.25, 0.3) is 0 Å². The average molecular weight is 388 g/mol. The van der Waals surface area contributed by atoms with Crippen molar-refractivity contribution in [3.8, 4) is 0 Å². The van der Waals surface area contributed by atoms with Gasteiger partial charge in [-0.15, -0.1) is 0 Å². The van der Waals surface area contributed by atoms with Gasteiger partial charge in [-0.25, -0.2) is 8.42 Å². The summed E-state index contributed by atoms with van der Waals surface area (Å²) in [5.41, 5.74) is 2.60. The Balaban J connectivity index is 1.66. The Bertz CT molecular complexity index is 905. The minimum atomic E-state index is -3.53. The number of amides is 1. The van der Waals surface area contributed by atoms with Gasteiger partial charge in [-0.3, -0.25) is 9.69 Å². The quantitative estimate of drug-likeness (QED) is 0.856. The third-order valence-electron chi connectivity index (χ3n) is 4.73. The van der Waals surface area contributed by atoms with E-state index in [0.717, 1.165) is 12.1 Å². The fourth-order valence-electron chi connectivity index (χ4n) is 3.25. The van der Waals surface area contributed by atoms with Crippen molar-refractivity contribution >= 4 is 21.6 Å². The Hall–Kier alpha value is -2.22. The summed E-state index contributed by atoms with van der Waals surface area (Å²) in [6, 6.07) is 15.0. The van der Waals surface area contributed by atoms with Gasteiger partial charge < -0.3 is 5.32 Å². The molecule has 1 heterocycles. The second kappa shape index (κ2) is 8.21. The molecule has 1 amide bonds. The van der Waals surface area contributed by atoms with Crippen LogP contribution in [0.4, 0.5) is 5.69 Å². The summed E-state index contributed by atoms with van der Waals surface area (Å²) in [5.74, 6) is -0.178. The van der Waals surface area contributed by atoms with Crippen molar-refractivity contribution < 1.29 is 13.2 Å². The molecule has 0 radical (unpaired) electrons. The van der Waals surface area contributed by atoms with Crippen LogP contribution in [-0.4, -0.2) is 49.7 Å². The molecule has 6 nitrogen and oxygen atoms in total. The van der Waals surface area contributed by atoms with Crippen molar-refractivity contribution in [1.29, 1.82) is 0 Å². The molecule has 0 aliphatic carbocycles. The normalized spacial score (nSPS) is 16.2. The number of carbonyl (C=O) groups is 1. The highest BCUT2D eigenvalue weighted by molar-refractivity contribution is 7.89. The molecule has 1 aliphatic heterocycles. The number of carbonyl (C=O) groups excluding carboxylic acids is 1. The van der Waals surface area contributed by atoms with Gasteiger partial charge in [-0.2, -0.15) is 4.31 Å². The molecule has 2 aromatic carbocycles. The summed E-state index contributed by atoms with van der Waals surface area (Å²) < 4.78 is 27.5. The molecule has 0 bridgehead atoms. The molecule has 0 spiro atoms. The van der Waals surface area contributed by atoms with Crippen LogP contribution in [0.1, 0.15) is 18.1 Å². The smallest absolute Gasteiger partial charge is 0.243 e. The summed E-state index contributed by atoms with van der Waals surface area (Å²) in [7, 11) is -3.53. The molecule has 7 heteroatoms. The summed E-state index contributed by atoms with van der Waals surface area (Å²) in [6.07, 6.45) is 0. The van der Waals surface area contributed by atoms with Gasteiger partial charge in [0, 0.05) is 45.3 Å². The number of benzene rings is 2. The van der Waals surface area contributed by atoms with Gasteiger partial charge in [0.15, 0.2) is 0 Å². The Morgan fingerprint density at radius 3 is 2.30 bits per heavy atom. The number of sulfonamides is 1. The van der Waals surface area contributed by atoms with Gasteiger partial charge in [-0.1, -0.05) is 30.3 Å². The molecule has 1 N–H and O–H groups in total. The van der Waals surface area contributed by atoms with Gasteiger partial charge >= 0.3 is 0 Å². The number of hydrogen-bond acceptors (Lipinski definition) is 4. The van der Waals surface area contributed by atoms with Crippen LogP contribution < -0.4 is 5.32 Å². The number of rotatable bonds is 5. The third kappa shape index (κ3) is 4.74. The van der Waals surface area contributed by atoms with E-state index in [1.54, 1.807) is 29.4 Å². The predicted octanol–water partition coefficient (Wildman–Crippen LogP) is 2.46. The first kappa shape index (κ1) is 19.5. The number of anilines is 1. The highest BCUT2D eigenvalue weighted by Crippen LogP contribution is 2.23. The highest BCUT2D eigenvalue weighted by atomic mass is 32.2. The molecule has 144 valence electrons. The van der Waals surface area contributed by atoms with E-state index in [-0.39, 0.29) is 10.8 Å². The van der Waals surface area contributed by atoms with Crippen molar-refractivity contribution in [2.24, 2.45) is 0 Å². The topological polar surface area (TPSA) is 69.7 Å². The first-order valence-corrected chi connectivity index (χ1v) is 10.4. The second-order valence-electron chi connectivity index (χ2n) is 6.82. The Kier molecular flexibility index (Phi) is 5.94. The summed E-state index contributed by atoms with van der Waals surface area (Å²) >= 11 is 0. The van der Waals surface area contributed by atoms with Crippen LogP contribution in [-0.2, 0) is 21.4 Å². The fraction of sp³-hybridized carbons (Fsp3) is 0.350. The zero-order chi connectivity index (χ0) is 19.4. The number of nitrogens with one attached hydrogen (secondary N) is 1. The van der Waals surface area contributed by atoms with Gasteiger partial charge in [-0.05, 0) is 36.2 Å². The number of piperazine rings is 1. The number of nitrogens with zero attached hydrogens (tertiary/aromatic N) is 2. The molecular formula is C20H25N3O3S. The lowest BCUT2D eigenvalue weighted by Crippen LogP contribution is -2.48. The van der Waals surface area contributed by atoms with Crippen molar-refractivity contribution in [3.63, 3.8) is 0 Å². The highest BCUT2D eigenvalue weighted by Gasteiger charge is 2.28. The van der Waals surface area contributed by atoms with Crippen LogP contribution in [0.15, 0.2) is 53.4 Å². The van der Waals surface area contributed by atoms with Crippen LogP contribution in [0.25, 0.3) is 0 Å². The standard InChI is InChI=1S/C20H25N3O3S/c1-16-14-19(8-9-20(16)21-17(2)24)27(25,26)23-12-10-22(11-13-23)15-18-6-4-3-5-7-18/h3-9,14H,10-13,15H2,1-2H3,(H,21,24). The molecule has 1 saturated heterocycles. The van der Waals surface area contributed by atoms with E-state index >= 15 is 0 Å². The van der Waals surface area contributed by atoms with E-state index in [1.165, 1.54) is 12.5 Å². The zero-order valence-electron chi connectivity index (χ0n) is 15.7. The fourth-order valence-corrected chi connectivity index (χ4v) is 4.75. The molecule has 1 fully saturated rings. The maximum atomic E-state index is 13.0. The van der Waals surface area contributed by atoms with Crippen LogP contribution >= 0.6 is 0 Å². The van der Waals surface area contributed by atoms with E-state index in [4.69, 9.17) is 0 Å². The van der Waals surface area contributed by atoms with Crippen LogP contribution in [0.2, 0.25) is 0 Å². The van der Waals surface area contributed by atoms with Gasteiger partial charge in [0.1, 0.15) is 0 Å². The van der Waals surface area contributed by atoms with E-state index in [1.807, 2.05) is 18.2 Å². The maximum Gasteiger partial charge on any atom is 0.243 e. The van der Waals surface area contributed by atoms with Crippen molar-refractivity contribution in [1.82, 2.24) is 9.21 Å². The molecule has 27 heavy (non-hydrogen) atoms. The molecular weight excluding hydrogens is 362 g/mol. The average Bonchev–Trinajstić information content (AvgIpc) is 2.64. The molecule has 3 rings (SSSR count). The van der Waals surface area contributed by atoms with E-state index < -0.39 is 10.0 Å². The monoisotopic (exact) mass is 387 g/mol. The van der Waals surface area contributed by atoms with Crippen LogP contribution in [0.5, 0.6) is 0 Å². The zero-order valence-corrected chi connectivity index (χ0v) is 16.5. The minimum absolute atomic E-state index is 0.178. The van der Waals surface area contributed by atoms with E-state index in [0.29, 0.717) is 31.9 Å². The van der Waals surface area contributed by atoms with E-state index in [9.17, 15) is 13.2 Å². The first-order chi connectivity index (χ1) is 12.9. The predicted molar refractivity (Wildman–Crippen MR) is 106 cm³/mol. The largest absolute Gasteiger partial charge is 0.326 e. The molecule has 0 saturated carbocycles. The van der Waals surface area contributed by atoms with Gasteiger partial charge in [0.2, 0.25) is 15.9 Å². The van der Waals surface area contributed by atoms with Crippen molar-refractivity contribution in [3.05, 3.63) is 59.7 Å². The molecule has 0 unspecified atom stereocenters. The van der Waals surface area contributed by atoms with Gasteiger partial charge in [0.05, 0.1) is 4.90 Å². The Labute approximate surface area is 160 Å². The lowest BCUT2D eigenvalue weighted by atomic mass is 10.2. The maximum absolute atomic E-state index is 13.0. The number of aryl methyl sites for hydroxylation is 1. The van der Waals surface area contributed by atoms with Crippen molar-refractivity contribution in [2.75, 3.05) is 31.5 Å². The Morgan fingerprint density at radius 2 is 1.70 bits per heavy atom. The second-order valence-corrected chi connectivity index (χ2v) is 8.76.